The van der Waals surface area contributed by atoms with E-state index in [0.29, 0.717) is 28.8 Å². The van der Waals surface area contributed by atoms with E-state index in [1.807, 2.05) is 30.3 Å². The molecule has 0 unspecified atom stereocenters. The third-order valence-electron chi connectivity index (χ3n) is 8.27. The summed E-state index contributed by atoms with van der Waals surface area (Å²) in [5.41, 5.74) is 3.57. The van der Waals surface area contributed by atoms with Gasteiger partial charge in [-0.05, 0) is 60.7 Å². The Hall–Kier alpha value is -4.36. The Bertz CT molecular complexity index is 1840. The smallest absolute Gasteiger partial charge is 0.350 e. The van der Waals surface area contributed by atoms with Gasteiger partial charge >= 0.3 is 5.69 Å². The SMILES string of the molecule is Cn1ncn(-c2ccc(N3CCN(c4ccc(OC[C@@H]5CO[C@@](Cn6cncn6)(c6ccc(Cl)cc6Cl)O5)cc4)CC3)cc2)c1=O. The molecule has 3 aromatic carbocycles. The van der Waals surface area contributed by atoms with Gasteiger partial charge in [0, 0.05) is 55.2 Å². The van der Waals surface area contributed by atoms with E-state index in [1.165, 1.54) is 21.9 Å². The van der Waals surface area contributed by atoms with Crippen molar-refractivity contribution in [2.75, 3.05) is 49.2 Å². The van der Waals surface area contributed by atoms with Gasteiger partial charge < -0.3 is 24.0 Å². The molecule has 2 aliphatic heterocycles. The van der Waals surface area contributed by atoms with Gasteiger partial charge in [0.25, 0.3) is 0 Å². The highest BCUT2D eigenvalue weighted by Gasteiger charge is 2.45. The fraction of sp³-hybridized carbons (Fsp3) is 0.312. The Morgan fingerprint density at radius 1 is 0.891 bits per heavy atom. The first-order valence-electron chi connectivity index (χ1n) is 14.9. The van der Waals surface area contributed by atoms with Gasteiger partial charge in [-0.1, -0.05) is 29.3 Å². The van der Waals surface area contributed by atoms with Gasteiger partial charge in [-0.25, -0.2) is 23.7 Å². The minimum Gasteiger partial charge on any atom is -0.491 e. The van der Waals surface area contributed by atoms with Crippen molar-refractivity contribution in [1.82, 2.24) is 29.1 Å². The van der Waals surface area contributed by atoms with Gasteiger partial charge in [-0.15, -0.1) is 0 Å². The highest BCUT2D eigenvalue weighted by Crippen LogP contribution is 2.40. The number of aromatic nitrogens is 6. The Morgan fingerprint density at radius 3 is 2.17 bits per heavy atom. The lowest BCUT2D eigenvalue weighted by molar-refractivity contribution is -0.190. The molecule has 0 aliphatic carbocycles. The van der Waals surface area contributed by atoms with Gasteiger partial charge in [-0.3, -0.25) is 0 Å². The lowest BCUT2D eigenvalue weighted by atomic mass is 10.1. The molecule has 2 aliphatic rings. The summed E-state index contributed by atoms with van der Waals surface area (Å²) in [7, 11) is 1.64. The number of anilines is 2. The second kappa shape index (κ2) is 12.8. The topological polar surface area (TPSA) is 105 Å². The maximum Gasteiger partial charge on any atom is 0.350 e. The summed E-state index contributed by atoms with van der Waals surface area (Å²) in [4.78, 5) is 21.0. The maximum absolute atomic E-state index is 12.2. The molecule has 0 amide bonds. The molecule has 0 saturated carbocycles. The normalized spacial score (nSPS) is 19.9. The van der Waals surface area contributed by atoms with Crippen molar-refractivity contribution in [3.63, 3.8) is 0 Å². The van der Waals surface area contributed by atoms with Crippen LogP contribution in [0.4, 0.5) is 11.4 Å². The van der Waals surface area contributed by atoms with E-state index in [0.717, 1.165) is 49.0 Å². The first kappa shape index (κ1) is 30.3. The van der Waals surface area contributed by atoms with Gasteiger partial charge in [0.15, 0.2) is 0 Å². The van der Waals surface area contributed by atoms with Crippen molar-refractivity contribution in [2.45, 2.75) is 18.4 Å². The molecule has 46 heavy (non-hydrogen) atoms. The van der Waals surface area contributed by atoms with Crippen LogP contribution in [0, 0.1) is 0 Å². The van der Waals surface area contributed by atoms with Crippen LogP contribution in [0.2, 0.25) is 10.0 Å². The summed E-state index contributed by atoms with van der Waals surface area (Å²) in [6.07, 6.45) is 4.28. The van der Waals surface area contributed by atoms with E-state index >= 15 is 0 Å². The Kier molecular flexibility index (Phi) is 8.43. The molecule has 0 bridgehead atoms. The monoisotopic (exact) mass is 662 g/mol. The summed E-state index contributed by atoms with van der Waals surface area (Å²) >= 11 is 12.7. The number of piperazine rings is 1. The van der Waals surface area contributed by atoms with Gasteiger partial charge in [0.05, 0.1) is 17.3 Å². The second-order valence-electron chi connectivity index (χ2n) is 11.2. The van der Waals surface area contributed by atoms with E-state index in [1.54, 1.807) is 30.2 Å². The summed E-state index contributed by atoms with van der Waals surface area (Å²) in [6.45, 7) is 4.44. The summed E-state index contributed by atoms with van der Waals surface area (Å²) in [5, 5.41) is 9.23. The van der Waals surface area contributed by atoms with Gasteiger partial charge in [-0.2, -0.15) is 10.2 Å². The predicted octanol–water partition coefficient (Wildman–Crippen LogP) is 4.14. The number of hydrogen-bond donors (Lipinski definition) is 0. The second-order valence-corrected chi connectivity index (χ2v) is 12.1. The van der Waals surface area contributed by atoms with Crippen LogP contribution >= 0.6 is 23.2 Å². The van der Waals surface area contributed by atoms with Crippen molar-refractivity contribution >= 4 is 34.6 Å². The lowest BCUT2D eigenvalue weighted by Crippen LogP contribution is -2.46. The molecular weight excluding hydrogens is 631 g/mol. The zero-order valence-corrected chi connectivity index (χ0v) is 26.6. The molecule has 2 fully saturated rings. The largest absolute Gasteiger partial charge is 0.491 e. The fourth-order valence-electron chi connectivity index (χ4n) is 5.83. The predicted molar refractivity (Wildman–Crippen MR) is 174 cm³/mol. The molecule has 14 heteroatoms. The first-order chi connectivity index (χ1) is 22.4. The van der Waals surface area contributed by atoms with Gasteiger partial charge in [0.2, 0.25) is 5.79 Å². The van der Waals surface area contributed by atoms with Crippen LogP contribution in [0.5, 0.6) is 5.75 Å². The number of rotatable bonds is 9. The quantitative estimate of drug-likeness (QED) is 0.230. The summed E-state index contributed by atoms with van der Waals surface area (Å²) in [5.74, 6) is -0.409. The molecule has 12 nitrogen and oxygen atoms in total. The van der Waals surface area contributed by atoms with Crippen molar-refractivity contribution in [3.05, 3.63) is 112 Å². The zero-order chi connectivity index (χ0) is 31.7. The molecule has 0 spiro atoms. The molecule has 0 radical (unpaired) electrons. The van der Waals surface area contributed by atoms with Gasteiger partial charge in [0.1, 0.15) is 44.0 Å². The third kappa shape index (κ3) is 6.21. The van der Waals surface area contributed by atoms with Crippen LogP contribution in [0.3, 0.4) is 0 Å². The molecule has 5 aromatic rings. The molecule has 7 rings (SSSR count). The van der Waals surface area contributed by atoms with E-state index in [4.69, 9.17) is 37.4 Å². The minimum absolute atomic E-state index is 0.167. The van der Waals surface area contributed by atoms with Crippen LogP contribution in [0.15, 0.2) is 90.5 Å². The molecule has 0 N–H and O–H groups in total. The third-order valence-corrected chi connectivity index (χ3v) is 8.82. The number of hydrogen-bond acceptors (Lipinski definition) is 9. The van der Waals surface area contributed by atoms with E-state index in [9.17, 15) is 4.79 Å². The minimum atomic E-state index is -1.16. The van der Waals surface area contributed by atoms with Crippen molar-refractivity contribution in [2.24, 2.45) is 7.05 Å². The van der Waals surface area contributed by atoms with E-state index < -0.39 is 5.79 Å². The molecular formula is C32H32Cl2N8O4. The highest BCUT2D eigenvalue weighted by molar-refractivity contribution is 6.35. The lowest BCUT2D eigenvalue weighted by Gasteiger charge is -2.37. The zero-order valence-electron chi connectivity index (χ0n) is 25.1. The molecule has 2 atom stereocenters. The van der Waals surface area contributed by atoms with Crippen LogP contribution < -0.4 is 20.2 Å². The number of aryl methyl sites for hydroxylation is 1. The number of benzene rings is 3. The average molecular weight is 664 g/mol. The Morgan fingerprint density at radius 2 is 1.57 bits per heavy atom. The fourth-order valence-corrected chi connectivity index (χ4v) is 6.38. The highest BCUT2D eigenvalue weighted by atomic mass is 35.5. The average Bonchev–Trinajstić information content (AvgIpc) is 3.82. The van der Waals surface area contributed by atoms with E-state index in [-0.39, 0.29) is 18.3 Å². The van der Waals surface area contributed by atoms with Crippen LogP contribution in [-0.4, -0.2) is 74.6 Å². The molecule has 2 saturated heterocycles. The Balaban J connectivity index is 0.934. The molecule has 2 aromatic heterocycles. The van der Waals surface area contributed by atoms with Crippen molar-refractivity contribution in [3.8, 4) is 11.4 Å². The van der Waals surface area contributed by atoms with Crippen LogP contribution in [0.1, 0.15) is 5.56 Å². The van der Waals surface area contributed by atoms with Crippen molar-refractivity contribution in [1.29, 1.82) is 0 Å². The summed E-state index contributed by atoms with van der Waals surface area (Å²) < 4.78 is 23.3. The first-order valence-corrected chi connectivity index (χ1v) is 15.7. The van der Waals surface area contributed by atoms with Crippen LogP contribution in [0.25, 0.3) is 5.69 Å². The number of halogens is 2. The summed E-state index contributed by atoms with van der Waals surface area (Å²) in [6, 6.07) is 21.4. The standard InChI is InChI=1S/C32H32Cl2N8O4/c1-38-31(43)42(22-37-38)26-5-3-24(4-6-26)39-12-14-40(15-13-39)25-7-9-27(10-8-25)44-17-28-18-45-32(46-28,19-41-21-35-20-36-41)29-11-2-23(33)16-30(29)34/h2-11,16,20-22,28H,12-15,17-19H2,1H3/t28-,32-/m1/s1. The molecule has 238 valence electrons. The van der Waals surface area contributed by atoms with E-state index in [2.05, 4.69) is 49.2 Å². The number of nitrogens with zero attached hydrogens (tertiary/aromatic N) is 8. The Labute approximate surface area is 275 Å². The van der Waals surface area contributed by atoms with Crippen molar-refractivity contribution < 1.29 is 14.2 Å². The van der Waals surface area contributed by atoms with Crippen LogP contribution in [-0.2, 0) is 28.9 Å². The molecule has 4 heterocycles. The number of ether oxygens (including phenoxy) is 3. The maximum atomic E-state index is 12.2.